The van der Waals surface area contributed by atoms with Gasteiger partial charge in [0.2, 0.25) is 5.91 Å². The van der Waals surface area contributed by atoms with E-state index in [9.17, 15) is 9.59 Å². The summed E-state index contributed by atoms with van der Waals surface area (Å²) in [6.07, 6.45) is 2.67. The molecular formula is C12H21NO5. The number of methoxy groups -OCH3 is 1. The topological polar surface area (TPSA) is 73.9 Å². The van der Waals surface area contributed by atoms with Gasteiger partial charge < -0.3 is 19.5 Å². The number of rotatable bonds is 6. The molecule has 1 saturated heterocycles. The summed E-state index contributed by atoms with van der Waals surface area (Å²) in [5.41, 5.74) is 0. The molecule has 1 aliphatic rings. The van der Waals surface area contributed by atoms with Gasteiger partial charge >= 0.3 is 5.97 Å². The van der Waals surface area contributed by atoms with Crippen molar-refractivity contribution in [1.29, 1.82) is 0 Å². The fraction of sp³-hybridized carbons (Fsp3) is 0.833. The van der Waals surface area contributed by atoms with Gasteiger partial charge in [0.15, 0.2) is 0 Å². The smallest absolute Gasteiger partial charge is 0.325 e. The third kappa shape index (κ3) is 5.46. The Balaban J connectivity index is 2.16. The zero-order valence-corrected chi connectivity index (χ0v) is 10.9. The van der Waals surface area contributed by atoms with Crippen LogP contribution in [-0.2, 0) is 23.8 Å². The summed E-state index contributed by atoms with van der Waals surface area (Å²) in [7, 11) is 1.27. The van der Waals surface area contributed by atoms with Gasteiger partial charge in [0.25, 0.3) is 0 Å². The lowest BCUT2D eigenvalue weighted by Gasteiger charge is -2.23. The summed E-state index contributed by atoms with van der Waals surface area (Å²) >= 11 is 0. The first-order chi connectivity index (χ1) is 8.63. The Kier molecular flexibility index (Phi) is 6.67. The number of hydrogen-bond donors (Lipinski definition) is 1. The van der Waals surface area contributed by atoms with Crippen LogP contribution >= 0.6 is 0 Å². The molecule has 2 atom stereocenters. The van der Waals surface area contributed by atoms with Gasteiger partial charge in [-0.1, -0.05) is 0 Å². The minimum absolute atomic E-state index is 0.0783. The molecule has 1 N–H and O–H groups in total. The van der Waals surface area contributed by atoms with Gasteiger partial charge in [-0.3, -0.25) is 9.59 Å². The summed E-state index contributed by atoms with van der Waals surface area (Å²) in [5, 5.41) is 2.44. The van der Waals surface area contributed by atoms with E-state index in [0.29, 0.717) is 6.61 Å². The maximum Gasteiger partial charge on any atom is 0.325 e. The molecule has 0 saturated carbocycles. The highest BCUT2D eigenvalue weighted by molar-refractivity contribution is 5.84. The number of amides is 1. The number of carbonyl (C=O) groups is 2. The van der Waals surface area contributed by atoms with Gasteiger partial charge in [0, 0.05) is 6.61 Å². The van der Waals surface area contributed by atoms with Crippen LogP contribution in [0.5, 0.6) is 0 Å². The highest BCUT2D eigenvalue weighted by atomic mass is 16.5. The van der Waals surface area contributed by atoms with Crippen molar-refractivity contribution in [2.75, 3.05) is 26.9 Å². The first kappa shape index (κ1) is 14.9. The fourth-order valence-corrected chi connectivity index (χ4v) is 1.64. The van der Waals surface area contributed by atoms with Gasteiger partial charge in [-0.15, -0.1) is 0 Å². The summed E-state index contributed by atoms with van der Waals surface area (Å²) in [6, 6.07) is 0. The molecule has 0 bridgehead atoms. The van der Waals surface area contributed by atoms with E-state index in [1.54, 1.807) is 6.92 Å². The van der Waals surface area contributed by atoms with E-state index in [-0.39, 0.29) is 18.6 Å². The molecule has 2 unspecified atom stereocenters. The van der Waals surface area contributed by atoms with Gasteiger partial charge in [0.1, 0.15) is 12.6 Å². The molecule has 0 aromatic heterocycles. The van der Waals surface area contributed by atoms with Crippen molar-refractivity contribution < 1.29 is 23.8 Å². The molecule has 0 aromatic carbocycles. The number of esters is 1. The number of carbonyl (C=O) groups excluding carboxylic acids is 2. The van der Waals surface area contributed by atoms with Gasteiger partial charge in [0.05, 0.1) is 19.8 Å². The van der Waals surface area contributed by atoms with Crippen LogP contribution in [0.25, 0.3) is 0 Å². The van der Waals surface area contributed by atoms with Crippen LogP contribution in [0.1, 0.15) is 26.2 Å². The normalized spacial score (nSPS) is 21.1. The van der Waals surface area contributed by atoms with E-state index in [0.717, 1.165) is 25.9 Å². The molecule has 6 nitrogen and oxygen atoms in total. The predicted molar refractivity (Wildman–Crippen MR) is 64.0 cm³/mol. The van der Waals surface area contributed by atoms with E-state index in [4.69, 9.17) is 9.47 Å². The van der Waals surface area contributed by atoms with Gasteiger partial charge in [-0.2, -0.15) is 0 Å². The molecule has 0 aromatic rings. The molecule has 18 heavy (non-hydrogen) atoms. The lowest BCUT2D eigenvalue weighted by atomic mass is 10.1. The quantitative estimate of drug-likeness (QED) is 0.692. The van der Waals surface area contributed by atoms with Crippen molar-refractivity contribution in [3.05, 3.63) is 0 Å². The van der Waals surface area contributed by atoms with E-state index in [1.807, 2.05) is 0 Å². The van der Waals surface area contributed by atoms with Crippen LogP contribution < -0.4 is 5.32 Å². The molecule has 0 aliphatic carbocycles. The zero-order chi connectivity index (χ0) is 13.4. The summed E-state index contributed by atoms with van der Waals surface area (Å²) in [5.74, 6) is -0.803. The number of hydrogen-bond acceptors (Lipinski definition) is 5. The fourth-order valence-electron chi connectivity index (χ4n) is 1.64. The number of nitrogens with one attached hydrogen (secondary N) is 1. The van der Waals surface area contributed by atoms with E-state index in [2.05, 4.69) is 10.1 Å². The van der Waals surface area contributed by atoms with Crippen LogP contribution in [0.2, 0.25) is 0 Å². The summed E-state index contributed by atoms with van der Waals surface area (Å²) < 4.78 is 15.3. The van der Waals surface area contributed by atoms with E-state index >= 15 is 0 Å². The molecule has 0 radical (unpaired) electrons. The van der Waals surface area contributed by atoms with E-state index < -0.39 is 12.1 Å². The molecule has 1 heterocycles. The number of ether oxygens (including phenoxy) is 3. The summed E-state index contributed by atoms with van der Waals surface area (Å²) in [4.78, 5) is 22.4. The minimum Gasteiger partial charge on any atom is -0.468 e. The highest BCUT2D eigenvalue weighted by Gasteiger charge is 2.19. The average molecular weight is 259 g/mol. The molecule has 104 valence electrons. The Hall–Kier alpha value is -1.14. The van der Waals surface area contributed by atoms with Gasteiger partial charge in [-0.05, 0) is 26.2 Å². The third-order valence-corrected chi connectivity index (χ3v) is 2.81. The van der Waals surface area contributed by atoms with Crippen LogP contribution in [-0.4, -0.2) is 51.0 Å². The first-order valence-corrected chi connectivity index (χ1v) is 6.21. The molecule has 0 spiro atoms. The molecule has 1 amide bonds. The molecule has 1 rings (SSSR count). The molecule has 1 fully saturated rings. The lowest BCUT2D eigenvalue weighted by molar-refractivity contribution is -0.143. The maximum atomic E-state index is 11.6. The zero-order valence-electron chi connectivity index (χ0n) is 10.9. The first-order valence-electron chi connectivity index (χ1n) is 6.21. The van der Waals surface area contributed by atoms with Crippen LogP contribution in [0.15, 0.2) is 0 Å². The Bertz CT molecular complexity index is 276. The Morgan fingerprint density at radius 3 is 2.83 bits per heavy atom. The second kappa shape index (κ2) is 8.05. The highest BCUT2D eigenvalue weighted by Crippen LogP contribution is 2.13. The Labute approximate surface area is 107 Å². The predicted octanol–water partition coefficient (Wildman–Crippen LogP) is 0.250. The average Bonchev–Trinajstić information content (AvgIpc) is 2.42. The molecular weight excluding hydrogens is 238 g/mol. The lowest BCUT2D eigenvalue weighted by Crippen LogP contribution is -2.39. The third-order valence-electron chi connectivity index (χ3n) is 2.81. The largest absolute Gasteiger partial charge is 0.468 e. The van der Waals surface area contributed by atoms with Gasteiger partial charge in [-0.25, -0.2) is 0 Å². The van der Waals surface area contributed by atoms with E-state index in [1.165, 1.54) is 7.11 Å². The van der Waals surface area contributed by atoms with Crippen molar-refractivity contribution in [3.63, 3.8) is 0 Å². The van der Waals surface area contributed by atoms with Crippen LogP contribution in [0, 0.1) is 0 Å². The SMILES string of the molecule is COC(=O)CNC(=O)C(C)OCC1CCCCO1. The second-order valence-electron chi connectivity index (χ2n) is 4.26. The minimum atomic E-state index is -0.597. The Morgan fingerprint density at radius 1 is 1.44 bits per heavy atom. The second-order valence-corrected chi connectivity index (χ2v) is 4.26. The standard InChI is InChI=1S/C12H21NO5/c1-9(12(15)13-7-11(14)16-2)18-8-10-5-3-4-6-17-10/h9-10H,3-8H2,1-2H3,(H,13,15). The van der Waals surface area contributed by atoms with Crippen molar-refractivity contribution >= 4 is 11.9 Å². The maximum absolute atomic E-state index is 11.6. The summed E-state index contributed by atoms with van der Waals surface area (Å²) in [6.45, 7) is 2.68. The molecule has 6 heteroatoms. The van der Waals surface area contributed by atoms with Crippen LogP contribution in [0.3, 0.4) is 0 Å². The Morgan fingerprint density at radius 2 is 2.22 bits per heavy atom. The van der Waals surface area contributed by atoms with Crippen LogP contribution in [0.4, 0.5) is 0 Å². The van der Waals surface area contributed by atoms with Crippen molar-refractivity contribution in [3.8, 4) is 0 Å². The monoisotopic (exact) mass is 259 g/mol. The van der Waals surface area contributed by atoms with Crippen molar-refractivity contribution in [1.82, 2.24) is 5.32 Å². The van der Waals surface area contributed by atoms with Crippen molar-refractivity contribution in [2.45, 2.75) is 38.4 Å². The van der Waals surface area contributed by atoms with Crippen molar-refractivity contribution in [2.24, 2.45) is 0 Å². The molecule has 1 aliphatic heterocycles.